The highest BCUT2D eigenvalue weighted by Gasteiger charge is 1.85. The van der Waals surface area contributed by atoms with Gasteiger partial charge in [0.1, 0.15) is 0 Å². The van der Waals surface area contributed by atoms with Gasteiger partial charge in [-0.15, -0.1) is 9.89 Å². The van der Waals surface area contributed by atoms with Crippen LogP contribution in [-0.2, 0) is 0 Å². The second kappa shape index (κ2) is 4.77. The number of benzene rings is 1. The minimum atomic E-state index is 0.500. The van der Waals surface area contributed by atoms with E-state index in [1.807, 2.05) is 30.3 Å². The predicted octanol–water partition coefficient (Wildman–Crippen LogP) is 0.268. The summed E-state index contributed by atoms with van der Waals surface area (Å²) in [5.74, 6) is 5.98. The van der Waals surface area contributed by atoms with Crippen molar-refractivity contribution in [3.05, 3.63) is 42.2 Å². The Hall–Kier alpha value is -2.35. The molecule has 2 rings (SSSR count). The van der Waals surface area contributed by atoms with Crippen molar-refractivity contribution in [2.45, 2.75) is 0 Å². The third-order valence-electron chi connectivity index (χ3n) is 1.68. The van der Waals surface area contributed by atoms with Gasteiger partial charge in [-0.1, -0.05) is 30.0 Å². The number of hydrogen-bond acceptors (Lipinski definition) is 4. The smallest absolute Gasteiger partial charge is 0.161 e. The Morgan fingerprint density at radius 3 is 2.87 bits per heavy atom. The van der Waals surface area contributed by atoms with Gasteiger partial charge in [0, 0.05) is 5.56 Å². The van der Waals surface area contributed by atoms with Crippen LogP contribution in [0.5, 0.6) is 0 Å². The number of nitrogens with zero attached hydrogens (tertiary/aromatic N) is 4. The average molecular weight is 199 g/mol. The van der Waals surface area contributed by atoms with E-state index in [0.29, 0.717) is 6.54 Å². The molecule has 0 bridgehead atoms. The van der Waals surface area contributed by atoms with Gasteiger partial charge in [0.05, 0.1) is 6.54 Å². The largest absolute Gasteiger partial charge is 0.295 e. The summed E-state index contributed by atoms with van der Waals surface area (Å²) in [6.45, 7) is 0.500. The highest BCUT2D eigenvalue weighted by molar-refractivity contribution is 5.34. The van der Waals surface area contributed by atoms with Crippen LogP contribution in [0, 0.1) is 11.8 Å². The molecule has 0 saturated carbocycles. The summed E-state index contributed by atoms with van der Waals surface area (Å²) in [5.41, 5.74) is 3.90. The predicted molar refractivity (Wildman–Crippen MR) is 55.4 cm³/mol. The van der Waals surface area contributed by atoms with Gasteiger partial charge in [0.25, 0.3) is 0 Å². The quantitative estimate of drug-likeness (QED) is 0.705. The third-order valence-corrected chi connectivity index (χ3v) is 1.68. The Kier molecular flexibility index (Phi) is 2.93. The lowest BCUT2D eigenvalue weighted by Gasteiger charge is -1.96. The third kappa shape index (κ3) is 2.81. The van der Waals surface area contributed by atoms with Crippen LogP contribution in [0.1, 0.15) is 5.56 Å². The molecule has 74 valence electrons. The van der Waals surface area contributed by atoms with Crippen LogP contribution < -0.4 is 5.43 Å². The molecule has 0 radical (unpaired) electrons. The molecule has 0 amide bonds. The zero-order chi connectivity index (χ0) is 10.3. The summed E-state index contributed by atoms with van der Waals surface area (Å²) in [7, 11) is 0. The van der Waals surface area contributed by atoms with Crippen molar-refractivity contribution in [2.24, 2.45) is 0 Å². The Bertz CT molecular complexity index is 452. The summed E-state index contributed by atoms with van der Waals surface area (Å²) in [5, 5.41) is 10.6. The van der Waals surface area contributed by atoms with Crippen molar-refractivity contribution >= 4 is 0 Å². The number of aromatic nitrogens is 4. The van der Waals surface area contributed by atoms with E-state index in [9.17, 15) is 0 Å². The van der Waals surface area contributed by atoms with E-state index in [-0.39, 0.29) is 0 Å². The molecule has 2 aromatic rings. The van der Waals surface area contributed by atoms with Crippen LogP contribution in [0.25, 0.3) is 0 Å². The summed E-state index contributed by atoms with van der Waals surface area (Å²) in [4.78, 5) is 1.42. The topological polar surface area (TPSA) is 55.6 Å². The minimum absolute atomic E-state index is 0.500. The minimum Gasteiger partial charge on any atom is -0.295 e. The molecule has 0 aliphatic heterocycles. The van der Waals surface area contributed by atoms with Gasteiger partial charge >= 0.3 is 0 Å². The van der Waals surface area contributed by atoms with E-state index >= 15 is 0 Å². The first-order valence-electron chi connectivity index (χ1n) is 4.46. The normalized spacial score (nSPS) is 9.07. The monoisotopic (exact) mass is 199 g/mol. The van der Waals surface area contributed by atoms with Crippen LogP contribution in [0.4, 0.5) is 0 Å². The van der Waals surface area contributed by atoms with Crippen LogP contribution in [0.2, 0.25) is 0 Å². The van der Waals surface area contributed by atoms with E-state index in [1.165, 1.54) is 11.1 Å². The average Bonchev–Trinajstić information content (AvgIpc) is 2.79. The maximum atomic E-state index is 3.64. The first-order chi connectivity index (χ1) is 7.45. The van der Waals surface area contributed by atoms with Crippen molar-refractivity contribution in [3.63, 3.8) is 0 Å². The first-order valence-corrected chi connectivity index (χ1v) is 4.46. The maximum Gasteiger partial charge on any atom is 0.161 e. The molecule has 5 nitrogen and oxygen atoms in total. The molecule has 0 aliphatic rings. The van der Waals surface area contributed by atoms with Gasteiger partial charge in [0.2, 0.25) is 0 Å². The fourth-order valence-electron chi connectivity index (χ4n) is 1.02. The molecule has 1 aromatic carbocycles. The Morgan fingerprint density at radius 1 is 1.27 bits per heavy atom. The molecule has 5 heteroatoms. The lowest BCUT2D eigenvalue weighted by molar-refractivity contribution is 0.711. The van der Waals surface area contributed by atoms with E-state index in [4.69, 9.17) is 0 Å². The van der Waals surface area contributed by atoms with Gasteiger partial charge in [-0.05, 0) is 22.6 Å². The molecule has 15 heavy (non-hydrogen) atoms. The lowest BCUT2D eigenvalue weighted by atomic mass is 10.2. The van der Waals surface area contributed by atoms with Gasteiger partial charge < -0.3 is 0 Å². The first kappa shape index (κ1) is 9.21. The van der Waals surface area contributed by atoms with Crippen LogP contribution in [0.3, 0.4) is 0 Å². The Morgan fingerprint density at radius 2 is 2.13 bits per heavy atom. The Balaban J connectivity index is 1.86. The fraction of sp³-hybridized carbons (Fsp3) is 0.100. The molecular formula is C10H9N5. The van der Waals surface area contributed by atoms with Crippen LogP contribution in [0.15, 0.2) is 36.7 Å². The second-order valence-electron chi connectivity index (χ2n) is 2.76. The summed E-state index contributed by atoms with van der Waals surface area (Å²) in [6, 6.07) is 9.80. The van der Waals surface area contributed by atoms with Gasteiger partial charge in [-0.3, -0.25) is 5.43 Å². The molecule has 0 atom stereocenters. The molecule has 0 spiro atoms. The zero-order valence-electron chi connectivity index (χ0n) is 7.96. The number of hydrogen-bond donors (Lipinski definition) is 1. The number of nitrogens with one attached hydrogen (secondary N) is 1. The standard InChI is InChI=1S/C10H9N5/c1-2-5-10(6-3-1)7-4-8-12-15-9-11-13-14-15/h1-3,5-6,9,12H,8H2. The zero-order valence-corrected chi connectivity index (χ0v) is 7.96. The molecule has 0 aliphatic carbocycles. The summed E-state index contributed by atoms with van der Waals surface area (Å²) in [6.07, 6.45) is 1.48. The SMILES string of the molecule is C(#Cc1ccccc1)CNn1cnnn1. The van der Waals surface area contributed by atoms with Crippen molar-refractivity contribution < 1.29 is 0 Å². The highest BCUT2D eigenvalue weighted by Crippen LogP contribution is 1.94. The number of tetrazole rings is 1. The second-order valence-corrected chi connectivity index (χ2v) is 2.76. The van der Waals surface area contributed by atoms with Crippen LogP contribution in [-0.4, -0.2) is 26.9 Å². The number of rotatable bonds is 2. The van der Waals surface area contributed by atoms with Gasteiger partial charge in [-0.25, -0.2) is 0 Å². The molecule has 1 aromatic heterocycles. The van der Waals surface area contributed by atoms with Gasteiger partial charge in [-0.2, -0.15) is 0 Å². The van der Waals surface area contributed by atoms with Crippen molar-refractivity contribution in [1.82, 2.24) is 20.3 Å². The molecule has 0 saturated heterocycles. The highest BCUT2D eigenvalue weighted by atomic mass is 15.7. The van der Waals surface area contributed by atoms with E-state index < -0.39 is 0 Å². The molecule has 0 fully saturated rings. The molecule has 1 heterocycles. The Labute approximate surface area is 87.1 Å². The van der Waals surface area contributed by atoms with Crippen LogP contribution >= 0.6 is 0 Å². The lowest BCUT2D eigenvalue weighted by Crippen LogP contribution is -2.15. The van der Waals surface area contributed by atoms with E-state index in [2.05, 4.69) is 32.8 Å². The molecule has 0 unspecified atom stereocenters. The maximum absolute atomic E-state index is 3.64. The summed E-state index contributed by atoms with van der Waals surface area (Å²) >= 11 is 0. The fourth-order valence-corrected chi connectivity index (χ4v) is 1.02. The molecule has 1 N–H and O–H groups in total. The van der Waals surface area contributed by atoms with E-state index in [1.54, 1.807) is 0 Å². The van der Waals surface area contributed by atoms with Crippen molar-refractivity contribution in [2.75, 3.05) is 12.0 Å². The van der Waals surface area contributed by atoms with Gasteiger partial charge in [0.15, 0.2) is 6.33 Å². The van der Waals surface area contributed by atoms with Crippen molar-refractivity contribution in [1.29, 1.82) is 0 Å². The summed E-state index contributed by atoms with van der Waals surface area (Å²) < 4.78 is 0. The van der Waals surface area contributed by atoms with E-state index in [0.717, 1.165) is 5.56 Å². The molecular weight excluding hydrogens is 190 g/mol. The van der Waals surface area contributed by atoms with Crippen molar-refractivity contribution in [3.8, 4) is 11.8 Å².